The van der Waals surface area contributed by atoms with Gasteiger partial charge >= 0.3 is 7.32 Å². The van der Waals surface area contributed by atoms with Gasteiger partial charge in [0.2, 0.25) is 11.8 Å². The quantitative estimate of drug-likeness (QED) is 0.486. The molecule has 0 radical (unpaired) electrons. The van der Waals surface area contributed by atoms with Crippen molar-refractivity contribution in [3.63, 3.8) is 0 Å². The van der Waals surface area contributed by atoms with Gasteiger partial charge in [0, 0.05) is 18.5 Å². The topological polar surface area (TPSA) is 99.1 Å². The zero-order valence-electron chi connectivity index (χ0n) is 16.5. The molecule has 0 saturated carbocycles. The van der Waals surface area contributed by atoms with Gasteiger partial charge < -0.3 is 20.0 Å². The summed E-state index contributed by atoms with van der Waals surface area (Å²) >= 11 is 0. The molecule has 1 fully saturated rings. The molecule has 29 heavy (non-hydrogen) atoms. The Kier molecular flexibility index (Phi) is 6.69. The number of carbonyl (C=O) groups is 2. The minimum atomic E-state index is -2.03. The second kappa shape index (κ2) is 9.22. The standard InChI is InChI=1S/C21H25BN2O5/c1-14-8-9-16(15(2)12-14)13-19(29-22(27)28)23-21(26)18-10-11-20(25)24(18)17-6-4-3-5-7-17/h3-9,12,18-19,27-28H,10-11,13H2,1-2H3,(H,23,26)/t18?,19-/m1/s1. The number of aryl methyl sites for hydroxylation is 2. The number of benzene rings is 2. The fourth-order valence-electron chi connectivity index (χ4n) is 3.65. The molecule has 0 bridgehead atoms. The Morgan fingerprint density at radius 3 is 2.62 bits per heavy atom. The lowest BCUT2D eigenvalue weighted by molar-refractivity contribution is -0.126. The van der Waals surface area contributed by atoms with Crippen LogP contribution in [0, 0.1) is 13.8 Å². The van der Waals surface area contributed by atoms with Gasteiger partial charge in [-0.15, -0.1) is 0 Å². The van der Waals surface area contributed by atoms with E-state index in [-0.39, 0.29) is 18.7 Å². The molecule has 2 aromatic carbocycles. The summed E-state index contributed by atoms with van der Waals surface area (Å²) in [6.07, 6.45) is -0.0192. The highest BCUT2D eigenvalue weighted by molar-refractivity contribution is 6.32. The Morgan fingerprint density at radius 1 is 1.24 bits per heavy atom. The van der Waals surface area contributed by atoms with Crippen LogP contribution < -0.4 is 10.2 Å². The third-order valence-electron chi connectivity index (χ3n) is 5.04. The minimum Gasteiger partial charge on any atom is -0.402 e. The smallest absolute Gasteiger partial charge is 0.402 e. The van der Waals surface area contributed by atoms with E-state index in [4.69, 9.17) is 4.65 Å². The molecule has 1 saturated heterocycles. The Hall–Kier alpha value is -2.68. The maximum Gasteiger partial charge on any atom is 0.635 e. The fraction of sp³-hybridized carbons (Fsp3) is 0.333. The van der Waals surface area contributed by atoms with Crippen molar-refractivity contribution in [3.05, 3.63) is 65.2 Å². The third kappa shape index (κ3) is 5.23. The maximum atomic E-state index is 12.9. The number of anilines is 1. The highest BCUT2D eigenvalue weighted by Gasteiger charge is 2.38. The van der Waals surface area contributed by atoms with Crippen molar-refractivity contribution in [2.45, 2.75) is 45.4 Å². The van der Waals surface area contributed by atoms with Crippen molar-refractivity contribution in [1.82, 2.24) is 5.32 Å². The van der Waals surface area contributed by atoms with Crippen LogP contribution in [0.15, 0.2) is 48.5 Å². The normalized spacial score (nSPS) is 17.3. The summed E-state index contributed by atoms with van der Waals surface area (Å²) in [7, 11) is -2.03. The van der Waals surface area contributed by atoms with Crippen LogP contribution in [0.4, 0.5) is 5.69 Å². The average molecular weight is 396 g/mol. The summed E-state index contributed by atoms with van der Waals surface area (Å²) in [6.45, 7) is 3.93. The zero-order chi connectivity index (χ0) is 21.0. The van der Waals surface area contributed by atoms with Crippen LogP contribution in [-0.4, -0.2) is 41.5 Å². The summed E-state index contributed by atoms with van der Waals surface area (Å²) in [5.74, 6) is -0.513. The minimum absolute atomic E-state index is 0.120. The number of nitrogens with zero attached hydrogens (tertiary/aromatic N) is 1. The van der Waals surface area contributed by atoms with Crippen molar-refractivity contribution in [2.75, 3.05) is 4.90 Å². The Balaban J connectivity index is 1.76. The second-order valence-electron chi connectivity index (χ2n) is 7.25. The second-order valence-corrected chi connectivity index (χ2v) is 7.25. The van der Waals surface area contributed by atoms with E-state index in [0.29, 0.717) is 12.1 Å². The number of nitrogens with one attached hydrogen (secondary N) is 1. The van der Waals surface area contributed by atoms with Crippen LogP contribution in [0.5, 0.6) is 0 Å². The van der Waals surface area contributed by atoms with E-state index in [1.54, 1.807) is 12.1 Å². The first-order chi connectivity index (χ1) is 13.8. The predicted octanol–water partition coefficient (Wildman–Crippen LogP) is 1.47. The van der Waals surface area contributed by atoms with Gasteiger partial charge in [-0.2, -0.15) is 0 Å². The van der Waals surface area contributed by atoms with Gasteiger partial charge in [0.05, 0.1) is 0 Å². The molecule has 1 aliphatic heterocycles. The van der Waals surface area contributed by atoms with Crippen molar-refractivity contribution in [3.8, 4) is 0 Å². The lowest BCUT2D eigenvalue weighted by atomic mass is 10.0. The molecular weight excluding hydrogens is 371 g/mol. The van der Waals surface area contributed by atoms with E-state index in [9.17, 15) is 19.6 Å². The van der Waals surface area contributed by atoms with Gasteiger partial charge in [-0.3, -0.25) is 14.5 Å². The highest BCUT2D eigenvalue weighted by Crippen LogP contribution is 2.26. The fourth-order valence-corrected chi connectivity index (χ4v) is 3.65. The molecule has 2 amide bonds. The molecule has 1 aliphatic rings. The maximum absolute atomic E-state index is 12.9. The molecule has 8 heteroatoms. The molecule has 152 valence electrons. The molecule has 7 nitrogen and oxygen atoms in total. The van der Waals surface area contributed by atoms with E-state index in [0.717, 1.165) is 16.7 Å². The van der Waals surface area contributed by atoms with Gasteiger partial charge in [-0.1, -0.05) is 42.0 Å². The monoisotopic (exact) mass is 396 g/mol. The summed E-state index contributed by atoms with van der Waals surface area (Å²) in [6, 6.07) is 14.2. The lowest BCUT2D eigenvalue weighted by Crippen LogP contribution is -2.50. The number of para-hydroxylation sites is 1. The molecule has 0 aliphatic carbocycles. The van der Waals surface area contributed by atoms with Gasteiger partial charge in [0.1, 0.15) is 12.3 Å². The Morgan fingerprint density at radius 2 is 1.97 bits per heavy atom. The van der Waals surface area contributed by atoms with E-state index in [1.165, 1.54) is 4.90 Å². The summed E-state index contributed by atoms with van der Waals surface area (Å²) in [5, 5.41) is 21.3. The molecule has 1 heterocycles. The Bertz CT molecular complexity index is 875. The molecule has 2 aromatic rings. The molecule has 3 rings (SSSR count). The van der Waals surface area contributed by atoms with Crippen LogP contribution in [-0.2, 0) is 20.7 Å². The van der Waals surface area contributed by atoms with Crippen LogP contribution in [0.1, 0.15) is 29.5 Å². The number of hydrogen-bond donors (Lipinski definition) is 3. The largest absolute Gasteiger partial charge is 0.635 e. The van der Waals surface area contributed by atoms with Gasteiger partial charge in [0.15, 0.2) is 0 Å². The van der Waals surface area contributed by atoms with Gasteiger partial charge in [0.25, 0.3) is 0 Å². The molecule has 0 aromatic heterocycles. The molecule has 0 spiro atoms. The number of carbonyl (C=O) groups excluding carboxylic acids is 2. The Labute approximate surface area is 170 Å². The first-order valence-electron chi connectivity index (χ1n) is 9.60. The van der Waals surface area contributed by atoms with Crippen molar-refractivity contribution in [1.29, 1.82) is 0 Å². The number of hydrogen-bond acceptors (Lipinski definition) is 5. The summed E-state index contributed by atoms with van der Waals surface area (Å²) < 4.78 is 5.11. The van der Waals surface area contributed by atoms with E-state index in [2.05, 4.69) is 5.32 Å². The zero-order valence-corrected chi connectivity index (χ0v) is 16.5. The average Bonchev–Trinajstić information content (AvgIpc) is 3.06. The molecule has 1 unspecified atom stereocenters. The number of rotatable bonds is 7. The number of amides is 2. The SMILES string of the molecule is Cc1ccc(C[C@H](NC(=O)C2CCC(=O)N2c2ccccc2)OB(O)O)c(C)c1. The van der Waals surface area contributed by atoms with Crippen molar-refractivity contribution < 1.29 is 24.3 Å². The molecule has 2 atom stereocenters. The van der Waals surface area contributed by atoms with Crippen LogP contribution in [0.25, 0.3) is 0 Å². The van der Waals surface area contributed by atoms with E-state index < -0.39 is 25.5 Å². The van der Waals surface area contributed by atoms with E-state index in [1.807, 2.05) is 50.2 Å². The lowest BCUT2D eigenvalue weighted by Gasteiger charge is -2.27. The third-order valence-corrected chi connectivity index (χ3v) is 5.04. The van der Waals surface area contributed by atoms with Gasteiger partial charge in [-0.05, 0) is 43.5 Å². The highest BCUT2D eigenvalue weighted by atomic mass is 16.6. The van der Waals surface area contributed by atoms with Crippen LogP contribution in [0.3, 0.4) is 0 Å². The van der Waals surface area contributed by atoms with Crippen LogP contribution in [0.2, 0.25) is 0 Å². The summed E-state index contributed by atoms with van der Waals surface area (Å²) in [5.41, 5.74) is 3.70. The predicted molar refractivity (Wildman–Crippen MR) is 110 cm³/mol. The van der Waals surface area contributed by atoms with Gasteiger partial charge in [-0.25, -0.2) is 0 Å². The van der Waals surface area contributed by atoms with Crippen LogP contribution >= 0.6 is 0 Å². The van der Waals surface area contributed by atoms with Crippen molar-refractivity contribution in [2.24, 2.45) is 0 Å². The first kappa shape index (κ1) is 21.0. The van der Waals surface area contributed by atoms with E-state index >= 15 is 0 Å². The molecular formula is C21H25BN2O5. The first-order valence-corrected chi connectivity index (χ1v) is 9.60. The molecule has 3 N–H and O–H groups in total. The van der Waals surface area contributed by atoms with Crippen molar-refractivity contribution >= 4 is 24.8 Å². The summed E-state index contributed by atoms with van der Waals surface area (Å²) in [4.78, 5) is 26.8.